The van der Waals surface area contributed by atoms with E-state index in [1.807, 2.05) is 50.2 Å². The molecule has 2 N–H and O–H groups in total. The molecule has 30 heavy (non-hydrogen) atoms. The molecule has 0 aliphatic heterocycles. The molecule has 0 radical (unpaired) electrons. The van der Waals surface area contributed by atoms with Crippen molar-refractivity contribution in [2.75, 3.05) is 17.2 Å². The third kappa shape index (κ3) is 4.38. The zero-order valence-corrected chi connectivity index (χ0v) is 18.5. The SMILES string of the molecule is CCOc1ccccc1NC(=O)c1c(NCc2ccc(C)o2)sc2c1CC[C@@H](C)C2. The van der Waals surface area contributed by atoms with Crippen molar-refractivity contribution in [3.63, 3.8) is 0 Å². The molecule has 1 aromatic carbocycles. The number of para-hydroxylation sites is 2. The molecule has 1 aliphatic carbocycles. The third-order valence-electron chi connectivity index (χ3n) is 5.39. The summed E-state index contributed by atoms with van der Waals surface area (Å²) in [4.78, 5) is 14.7. The summed E-state index contributed by atoms with van der Waals surface area (Å²) in [6, 6.07) is 11.5. The molecule has 1 aliphatic rings. The van der Waals surface area contributed by atoms with Crippen molar-refractivity contribution in [3.8, 4) is 5.75 Å². The fourth-order valence-corrected chi connectivity index (χ4v) is 5.30. The minimum Gasteiger partial charge on any atom is -0.492 e. The Morgan fingerprint density at radius 1 is 1.27 bits per heavy atom. The maximum atomic E-state index is 13.4. The van der Waals surface area contributed by atoms with Gasteiger partial charge >= 0.3 is 0 Å². The predicted octanol–water partition coefficient (Wildman–Crippen LogP) is 6.04. The largest absolute Gasteiger partial charge is 0.492 e. The van der Waals surface area contributed by atoms with Gasteiger partial charge in [0.05, 0.1) is 24.4 Å². The Hall–Kier alpha value is -2.73. The number of carbonyl (C=O) groups is 1. The number of fused-ring (bicyclic) bond motifs is 1. The van der Waals surface area contributed by atoms with E-state index in [4.69, 9.17) is 9.15 Å². The van der Waals surface area contributed by atoms with Crippen LogP contribution in [0.3, 0.4) is 0 Å². The highest BCUT2D eigenvalue weighted by Gasteiger charge is 2.28. The van der Waals surface area contributed by atoms with Crippen LogP contribution in [0.2, 0.25) is 0 Å². The average Bonchev–Trinajstić information content (AvgIpc) is 3.30. The summed E-state index contributed by atoms with van der Waals surface area (Å²) in [7, 11) is 0. The number of anilines is 2. The molecule has 2 aromatic heterocycles. The van der Waals surface area contributed by atoms with Gasteiger partial charge in [0.2, 0.25) is 0 Å². The van der Waals surface area contributed by atoms with Gasteiger partial charge in [-0.3, -0.25) is 4.79 Å². The lowest BCUT2D eigenvalue weighted by Gasteiger charge is -2.19. The number of amides is 1. The van der Waals surface area contributed by atoms with E-state index in [2.05, 4.69) is 17.6 Å². The second kappa shape index (κ2) is 8.96. The minimum absolute atomic E-state index is 0.0904. The quantitative estimate of drug-likeness (QED) is 0.485. The van der Waals surface area contributed by atoms with Crippen LogP contribution in [0.1, 0.15) is 52.6 Å². The van der Waals surface area contributed by atoms with Crippen molar-refractivity contribution < 1.29 is 13.9 Å². The molecule has 6 heteroatoms. The molecular formula is C24H28N2O3S. The maximum Gasteiger partial charge on any atom is 0.259 e. The second-order valence-corrected chi connectivity index (χ2v) is 8.91. The van der Waals surface area contributed by atoms with Crippen molar-refractivity contribution in [1.29, 1.82) is 0 Å². The third-order valence-corrected chi connectivity index (χ3v) is 6.61. The Kier molecular flexibility index (Phi) is 6.13. The number of carbonyl (C=O) groups excluding carboxylic acids is 1. The molecule has 1 atom stereocenters. The standard InChI is InChI=1S/C24H28N2O3S/c1-4-28-20-8-6-5-7-19(20)26-23(27)22-18-12-9-15(2)13-21(18)30-24(22)25-14-17-11-10-16(3)29-17/h5-8,10-11,15,25H,4,9,12-14H2,1-3H3,(H,26,27)/t15-/m1/s1. The highest BCUT2D eigenvalue weighted by Crippen LogP contribution is 2.40. The van der Waals surface area contributed by atoms with Gasteiger partial charge in [-0.2, -0.15) is 0 Å². The van der Waals surface area contributed by atoms with Crippen molar-refractivity contribution >= 4 is 27.9 Å². The number of nitrogens with one attached hydrogen (secondary N) is 2. The molecule has 0 fully saturated rings. The summed E-state index contributed by atoms with van der Waals surface area (Å²) < 4.78 is 11.4. The number of aryl methyl sites for hydroxylation is 1. The highest BCUT2D eigenvalue weighted by atomic mass is 32.1. The Morgan fingerprint density at radius 3 is 2.87 bits per heavy atom. The molecular weight excluding hydrogens is 396 g/mol. The summed E-state index contributed by atoms with van der Waals surface area (Å²) in [6.45, 7) is 7.25. The number of hydrogen-bond donors (Lipinski definition) is 2. The molecule has 0 unspecified atom stereocenters. The molecule has 0 saturated heterocycles. The first-order chi connectivity index (χ1) is 14.5. The van der Waals surface area contributed by atoms with E-state index in [-0.39, 0.29) is 5.91 Å². The average molecular weight is 425 g/mol. The first kappa shape index (κ1) is 20.5. The van der Waals surface area contributed by atoms with Gasteiger partial charge in [-0.15, -0.1) is 11.3 Å². The van der Waals surface area contributed by atoms with E-state index < -0.39 is 0 Å². The van der Waals surface area contributed by atoms with Crippen LogP contribution in [0.15, 0.2) is 40.8 Å². The maximum absolute atomic E-state index is 13.4. The normalized spacial score (nSPS) is 15.5. The van der Waals surface area contributed by atoms with Crippen LogP contribution >= 0.6 is 11.3 Å². The van der Waals surface area contributed by atoms with Gasteiger partial charge in [-0.05, 0) is 68.9 Å². The van der Waals surface area contributed by atoms with Crippen LogP contribution in [-0.2, 0) is 19.4 Å². The first-order valence-corrected chi connectivity index (χ1v) is 11.3. The van der Waals surface area contributed by atoms with Crippen LogP contribution in [-0.4, -0.2) is 12.5 Å². The number of rotatable bonds is 7. The van der Waals surface area contributed by atoms with Gasteiger partial charge in [0, 0.05) is 4.88 Å². The van der Waals surface area contributed by atoms with Crippen molar-refractivity contribution in [2.45, 2.75) is 46.6 Å². The topological polar surface area (TPSA) is 63.5 Å². The van der Waals surface area contributed by atoms with Gasteiger partial charge in [-0.25, -0.2) is 0 Å². The molecule has 3 aromatic rings. The Morgan fingerprint density at radius 2 is 2.10 bits per heavy atom. The molecule has 0 saturated carbocycles. The monoisotopic (exact) mass is 424 g/mol. The molecule has 2 heterocycles. The summed E-state index contributed by atoms with van der Waals surface area (Å²) in [5.74, 6) is 2.99. The van der Waals surface area contributed by atoms with Crippen LogP contribution in [0.5, 0.6) is 5.75 Å². The number of furan rings is 1. The Bertz CT molecular complexity index is 1040. The van der Waals surface area contributed by atoms with Gasteiger partial charge in [-0.1, -0.05) is 19.1 Å². The van der Waals surface area contributed by atoms with Gasteiger partial charge < -0.3 is 19.8 Å². The van der Waals surface area contributed by atoms with Crippen molar-refractivity contribution in [1.82, 2.24) is 0 Å². The zero-order valence-electron chi connectivity index (χ0n) is 17.7. The number of benzene rings is 1. The predicted molar refractivity (Wildman–Crippen MR) is 122 cm³/mol. The van der Waals surface area contributed by atoms with E-state index >= 15 is 0 Å². The number of thiophene rings is 1. The fraction of sp³-hybridized carbons (Fsp3) is 0.375. The fourth-order valence-electron chi connectivity index (χ4n) is 3.90. The lowest BCUT2D eigenvalue weighted by Crippen LogP contribution is -2.18. The van der Waals surface area contributed by atoms with E-state index in [1.165, 1.54) is 10.4 Å². The van der Waals surface area contributed by atoms with Crippen molar-refractivity contribution in [2.24, 2.45) is 5.92 Å². The Balaban J connectivity index is 1.62. The highest BCUT2D eigenvalue weighted by molar-refractivity contribution is 7.16. The van der Waals surface area contributed by atoms with Gasteiger partial charge in [0.15, 0.2) is 0 Å². The van der Waals surface area contributed by atoms with Crippen LogP contribution in [0.25, 0.3) is 0 Å². The van der Waals surface area contributed by atoms with E-state index in [0.29, 0.717) is 30.5 Å². The van der Waals surface area contributed by atoms with E-state index in [1.54, 1.807) is 11.3 Å². The summed E-state index contributed by atoms with van der Waals surface area (Å²) in [5.41, 5.74) is 2.64. The summed E-state index contributed by atoms with van der Waals surface area (Å²) in [5, 5.41) is 7.45. The minimum atomic E-state index is -0.0904. The lowest BCUT2D eigenvalue weighted by molar-refractivity contribution is 0.102. The molecule has 0 spiro atoms. The van der Waals surface area contributed by atoms with Gasteiger partial charge in [0.1, 0.15) is 22.3 Å². The smallest absolute Gasteiger partial charge is 0.259 e. The number of ether oxygens (including phenoxy) is 1. The van der Waals surface area contributed by atoms with Crippen LogP contribution in [0, 0.1) is 12.8 Å². The second-order valence-electron chi connectivity index (χ2n) is 7.81. The van der Waals surface area contributed by atoms with E-state index in [9.17, 15) is 4.79 Å². The Labute approximate surface area is 181 Å². The first-order valence-electron chi connectivity index (χ1n) is 10.5. The summed E-state index contributed by atoms with van der Waals surface area (Å²) >= 11 is 1.70. The summed E-state index contributed by atoms with van der Waals surface area (Å²) in [6.07, 6.45) is 3.07. The lowest BCUT2D eigenvalue weighted by atomic mass is 9.88. The van der Waals surface area contributed by atoms with Gasteiger partial charge in [0.25, 0.3) is 5.91 Å². The van der Waals surface area contributed by atoms with Crippen LogP contribution < -0.4 is 15.4 Å². The molecule has 0 bridgehead atoms. The molecule has 5 nitrogen and oxygen atoms in total. The van der Waals surface area contributed by atoms with E-state index in [0.717, 1.165) is 41.3 Å². The number of hydrogen-bond acceptors (Lipinski definition) is 5. The van der Waals surface area contributed by atoms with Crippen molar-refractivity contribution in [3.05, 3.63) is 63.9 Å². The van der Waals surface area contributed by atoms with Crippen LogP contribution in [0.4, 0.5) is 10.7 Å². The zero-order chi connectivity index (χ0) is 21.1. The molecule has 4 rings (SSSR count). The molecule has 158 valence electrons. The molecule has 1 amide bonds.